The number of hydrogen-bond acceptors (Lipinski definition) is 3. The lowest BCUT2D eigenvalue weighted by Crippen LogP contribution is -2.36. The zero-order valence-corrected chi connectivity index (χ0v) is 12.0. The summed E-state index contributed by atoms with van der Waals surface area (Å²) >= 11 is 0. The molecule has 1 fully saturated rings. The highest BCUT2D eigenvalue weighted by atomic mass is 35.5. The molecule has 1 N–H and O–H groups in total. The molecule has 0 saturated carbocycles. The smallest absolute Gasteiger partial charge is 0.222 e. The van der Waals surface area contributed by atoms with Gasteiger partial charge in [-0.2, -0.15) is 0 Å². The lowest BCUT2D eigenvalue weighted by atomic mass is 10.2. The number of pyridine rings is 1. The van der Waals surface area contributed by atoms with Crippen LogP contribution in [0, 0.1) is 0 Å². The topological polar surface area (TPSA) is 45.2 Å². The number of amides is 1. The predicted octanol–water partition coefficient (Wildman–Crippen LogP) is 2.00. The van der Waals surface area contributed by atoms with Crippen LogP contribution in [0.5, 0.6) is 0 Å². The number of carbonyl (C=O) groups excluding carboxylic acids is 1. The first-order valence-corrected chi connectivity index (χ1v) is 6.73. The Morgan fingerprint density at radius 2 is 2.21 bits per heavy atom. The Morgan fingerprint density at radius 3 is 3.00 bits per heavy atom. The molecule has 5 heteroatoms. The molecule has 4 nitrogen and oxygen atoms in total. The molecule has 1 aliphatic heterocycles. The third kappa shape index (κ3) is 5.57. The van der Waals surface area contributed by atoms with Crippen LogP contribution in [0.3, 0.4) is 0 Å². The van der Waals surface area contributed by atoms with E-state index in [4.69, 9.17) is 0 Å². The Bertz CT molecular complexity index is 372. The molecule has 19 heavy (non-hydrogen) atoms. The minimum Gasteiger partial charge on any atom is -0.341 e. The van der Waals surface area contributed by atoms with Crippen LogP contribution in [0.2, 0.25) is 0 Å². The molecule has 2 heterocycles. The van der Waals surface area contributed by atoms with Crippen LogP contribution in [0.15, 0.2) is 24.5 Å². The molecule has 1 saturated heterocycles. The molecular formula is C14H22ClN3O. The second kappa shape index (κ2) is 8.88. The third-order valence-corrected chi connectivity index (χ3v) is 3.28. The van der Waals surface area contributed by atoms with Crippen molar-refractivity contribution in [3.8, 4) is 0 Å². The second-order valence-electron chi connectivity index (χ2n) is 4.73. The molecule has 1 aliphatic rings. The fourth-order valence-corrected chi connectivity index (χ4v) is 2.22. The molecule has 0 unspecified atom stereocenters. The SMILES string of the molecule is Cl.O=C1CCCCCN1CCNCc1cccnc1. The maximum absolute atomic E-state index is 11.8. The molecule has 1 aromatic rings. The summed E-state index contributed by atoms with van der Waals surface area (Å²) in [7, 11) is 0. The van der Waals surface area contributed by atoms with E-state index in [9.17, 15) is 4.79 Å². The Hall–Kier alpha value is -1.13. The lowest BCUT2D eigenvalue weighted by Gasteiger charge is -2.20. The molecule has 0 atom stereocenters. The van der Waals surface area contributed by atoms with E-state index in [0.717, 1.165) is 45.4 Å². The number of halogens is 1. The van der Waals surface area contributed by atoms with Crippen molar-refractivity contribution in [1.29, 1.82) is 0 Å². The summed E-state index contributed by atoms with van der Waals surface area (Å²) < 4.78 is 0. The number of carbonyl (C=O) groups is 1. The van der Waals surface area contributed by atoms with Gasteiger partial charge in [0.25, 0.3) is 0 Å². The summed E-state index contributed by atoms with van der Waals surface area (Å²) in [6.07, 6.45) is 7.75. The highest BCUT2D eigenvalue weighted by Crippen LogP contribution is 2.10. The van der Waals surface area contributed by atoms with Gasteiger partial charge in [0.05, 0.1) is 0 Å². The Balaban J connectivity index is 0.00000180. The van der Waals surface area contributed by atoms with Crippen molar-refractivity contribution in [2.24, 2.45) is 0 Å². The van der Waals surface area contributed by atoms with Crippen molar-refractivity contribution in [3.63, 3.8) is 0 Å². The van der Waals surface area contributed by atoms with Crippen LogP contribution in [-0.4, -0.2) is 35.4 Å². The zero-order chi connectivity index (χ0) is 12.6. The third-order valence-electron chi connectivity index (χ3n) is 3.28. The number of rotatable bonds is 5. The molecule has 106 valence electrons. The Labute approximate surface area is 121 Å². The summed E-state index contributed by atoms with van der Waals surface area (Å²) in [5, 5.41) is 3.36. The lowest BCUT2D eigenvalue weighted by molar-refractivity contribution is -0.130. The van der Waals surface area contributed by atoms with Gasteiger partial charge in [-0.25, -0.2) is 0 Å². The number of hydrogen-bond donors (Lipinski definition) is 1. The maximum atomic E-state index is 11.8. The monoisotopic (exact) mass is 283 g/mol. The van der Waals surface area contributed by atoms with Crippen LogP contribution >= 0.6 is 12.4 Å². The van der Waals surface area contributed by atoms with Crippen molar-refractivity contribution in [2.75, 3.05) is 19.6 Å². The quantitative estimate of drug-likeness (QED) is 0.841. The van der Waals surface area contributed by atoms with Crippen molar-refractivity contribution in [1.82, 2.24) is 15.2 Å². The van der Waals surface area contributed by atoms with Crippen LogP contribution in [0.25, 0.3) is 0 Å². The Kier molecular flexibility index (Phi) is 7.45. The average Bonchev–Trinajstić information content (AvgIpc) is 2.61. The van der Waals surface area contributed by atoms with Gasteiger partial charge in [0.2, 0.25) is 5.91 Å². The highest BCUT2D eigenvalue weighted by Gasteiger charge is 2.15. The van der Waals surface area contributed by atoms with Crippen LogP contribution in [0.4, 0.5) is 0 Å². The van der Waals surface area contributed by atoms with Crippen LogP contribution < -0.4 is 5.32 Å². The number of nitrogens with one attached hydrogen (secondary N) is 1. The average molecular weight is 284 g/mol. The second-order valence-corrected chi connectivity index (χ2v) is 4.73. The first-order valence-electron chi connectivity index (χ1n) is 6.73. The van der Waals surface area contributed by atoms with Gasteiger partial charge in [-0.1, -0.05) is 12.5 Å². The van der Waals surface area contributed by atoms with Gasteiger partial charge in [0.1, 0.15) is 0 Å². The van der Waals surface area contributed by atoms with Crippen LogP contribution in [-0.2, 0) is 11.3 Å². The standard InChI is InChI=1S/C14H21N3O.ClH/c18-14-6-2-1-3-9-17(14)10-8-16-12-13-5-4-7-15-11-13;/h4-5,7,11,16H,1-3,6,8-10,12H2;1H. The van der Waals surface area contributed by atoms with Crippen LogP contribution in [0.1, 0.15) is 31.2 Å². The van der Waals surface area contributed by atoms with Gasteiger partial charge in [0, 0.05) is 45.0 Å². The molecule has 1 amide bonds. The minimum atomic E-state index is 0. The normalized spacial score (nSPS) is 15.8. The van der Waals surface area contributed by atoms with Crippen molar-refractivity contribution in [2.45, 2.75) is 32.2 Å². The first-order chi connectivity index (χ1) is 8.86. The van der Waals surface area contributed by atoms with E-state index in [-0.39, 0.29) is 12.4 Å². The molecule has 0 radical (unpaired) electrons. The van der Waals surface area contributed by atoms with Gasteiger partial charge in [-0.3, -0.25) is 9.78 Å². The van der Waals surface area contributed by atoms with Crippen molar-refractivity contribution < 1.29 is 4.79 Å². The first kappa shape index (κ1) is 15.9. The van der Waals surface area contributed by atoms with Gasteiger partial charge < -0.3 is 10.2 Å². The summed E-state index contributed by atoms with van der Waals surface area (Å²) in [5.41, 5.74) is 1.18. The molecule has 0 aromatic carbocycles. The van der Waals surface area contributed by atoms with Crippen molar-refractivity contribution in [3.05, 3.63) is 30.1 Å². The number of aromatic nitrogens is 1. The molecule has 1 aromatic heterocycles. The molecule has 2 rings (SSSR count). The van der Waals surface area contributed by atoms with E-state index in [1.165, 1.54) is 12.0 Å². The van der Waals surface area contributed by atoms with Gasteiger partial charge in [-0.05, 0) is 24.5 Å². The fourth-order valence-electron chi connectivity index (χ4n) is 2.22. The highest BCUT2D eigenvalue weighted by molar-refractivity contribution is 5.85. The summed E-state index contributed by atoms with van der Waals surface area (Å²) in [6.45, 7) is 3.41. The fraction of sp³-hybridized carbons (Fsp3) is 0.571. The number of likely N-dealkylation sites (tertiary alicyclic amines) is 1. The molecular weight excluding hydrogens is 262 g/mol. The summed E-state index contributed by atoms with van der Waals surface area (Å²) in [4.78, 5) is 17.8. The Morgan fingerprint density at radius 1 is 1.32 bits per heavy atom. The predicted molar refractivity (Wildman–Crippen MR) is 78.2 cm³/mol. The molecule has 0 aliphatic carbocycles. The van der Waals surface area contributed by atoms with E-state index in [1.807, 2.05) is 17.2 Å². The molecule has 0 bridgehead atoms. The molecule has 0 spiro atoms. The zero-order valence-electron chi connectivity index (χ0n) is 11.2. The van der Waals surface area contributed by atoms with Gasteiger partial charge in [0.15, 0.2) is 0 Å². The van der Waals surface area contributed by atoms with Gasteiger partial charge in [-0.15, -0.1) is 12.4 Å². The van der Waals surface area contributed by atoms with Gasteiger partial charge >= 0.3 is 0 Å². The number of nitrogens with zero attached hydrogens (tertiary/aromatic N) is 2. The summed E-state index contributed by atoms with van der Waals surface area (Å²) in [5.74, 6) is 0.315. The van der Waals surface area contributed by atoms with E-state index < -0.39 is 0 Å². The van der Waals surface area contributed by atoms with E-state index in [0.29, 0.717) is 5.91 Å². The van der Waals surface area contributed by atoms with Crippen molar-refractivity contribution >= 4 is 18.3 Å². The van der Waals surface area contributed by atoms with E-state index in [2.05, 4.69) is 16.4 Å². The largest absolute Gasteiger partial charge is 0.341 e. The summed E-state index contributed by atoms with van der Waals surface area (Å²) in [6, 6.07) is 3.99. The maximum Gasteiger partial charge on any atom is 0.222 e. The van der Waals surface area contributed by atoms with E-state index >= 15 is 0 Å². The minimum absolute atomic E-state index is 0. The van der Waals surface area contributed by atoms with E-state index in [1.54, 1.807) is 6.20 Å².